The summed E-state index contributed by atoms with van der Waals surface area (Å²) in [6.45, 7) is 1.64. The lowest BCUT2D eigenvalue weighted by atomic mass is 9.95. The molecule has 0 bridgehead atoms. The highest BCUT2D eigenvalue weighted by Gasteiger charge is 2.35. The summed E-state index contributed by atoms with van der Waals surface area (Å²) in [5.74, 6) is -2.47. The van der Waals surface area contributed by atoms with Crippen LogP contribution in [0.3, 0.4) is 0 Å². The van der Waals surface area contributed by atoms with Crippen molar-refractivity contribution < 1.29 is 14.7 Å². The Labute approximate surface area is 145 Å². The second-order valence-electron chi connectivity index (χ2n) is 6.27. The number of nitriles is 1. The first-order valence-corrected chi connectivity index (χ1v) is 8.14. The lowest BCUT2D eigenvalue weighted by molar-refractivity contribution is -0.142. The SMILES string of the molecule is C[C@@H](C#N)C[C@H](NC(=O)C1c2ccccc2-c2ccccc21)C(=O)O. The van der Waals surface area contributed by atoms with Crippen LogP contribution in [0, 0.1) is 17.2 Å². The maximum atomic E-state index is 12.9. The Kier molecular flexibility index (Phi) is 4.53. The van der Waals surface area contributed by atoms with Crippen LogP contribution in [0.4, 0.5) is 0 Å². The molecule has 5 nitrogen and oxygen atoms in total. The molecule has 0 aliphatic heterocycles. The zero-order valence-corrected chi connectivity index (χ0v) is 13.8. The van der Waals surface area contributed by atoms with Crippen molar-refractivity contribution in [3.63, 3.8) is 0 Å². The van der Waals surface area contributed by atoms with Gasteiger partial charge in [-0.15, -0.1) is 0 Å². The fourth-order valence-electron chi connectivity index (χ4n) is 3.32. The number of nitrogens with zero attached hydrogens (tertiary/aromatic N) is 1. The predicted molar refractivity (Wildman–Crippen MR) is 92.7 cm³/mol. The van der Waals surface area contributed by atoms with Gasteiger partial charge in [-0.25, -0.2) is 4.79 Å². The van der Waals surface area contributed by atoms with Crippen LogP contribution < -0.4 is 5.32 Å². The molecule has 1 aliphatic carbocycles. The average molecular weight is 334 g/mol. The highest BCUT2D eigenvalue weighted by atomic mass is 16.4. The van der Waals surface area contributed by atoms with Crippen molar-refractivity contribution in [2.45, 2.75) is 25.3 Å². The summed E-state index contributed by atoms with van der Waals surface area (Å²) in [5, 5.41) is 20.9. The molecule has 2 atom stereocenters. The molecule has 25 heavy (non-hydrogen) atoms. The molecular weight excluding hydrogens is 316 g/mol. The van der Waals surface area contributed by atoms with Gasteiger partial charge in [0.05, 0.1) is 12.0 Å². The van der Waals surface area contributed by atoms with E-state index in [0.29, 0.717) is 0 Å². The van der Waals surface area contributed by atoms with Crippen LogP contribution in [-0.4, -0.2) is 23.0 Å². The largest absolute Gasteiger partial charge is 0.480 e. The normalized spacial score (nSPS) is 14.7. The van der Waals surface area contributed by atoms with Crippen LogP contribution in [0.25, 0.3) is 11.1 Å². The fraction of sp³-hybridized carbons (Fsp3) is 0.250. The Morgan fingerprint density at radius 3 is 2.12 bits per heavy atom. The number of amides is 1. The first-order chi connectivity index (χ1) is 12.0. The number of hydrogen-bond donors (Lipinski definition) is 2. The molecule has 126 valence electrons. The van der Waals surface area contributed by atoms with Crippen LogP contribution in [0.15, 0.2) is 48.5 Å². The molecule has 0 saturated carbocycles. The Morgan fingerprint density at radius 2 is 1.64 bits per heavy atom. The van der Waals surface area contributed by atoms with Gasteiger partial charge in [0.2, 0.25) is 5.91 Å². The van der Waals surface area contributed by atoms with Gasteiger partial charge < -0.3 is 10.4 Å². The predicted octanol–water partition coefficient (Wildman–Crippen LogP) is 2.92. The van der Waals surface area contributed by atoms with Gasteiger partial charge in [-0.05, 0) is 35.6 Å². The Balaban J connectivity index is 1.92. The van der Waals surface area contributed by atoms with Gasteiger partial charge in [0, 0.05) is 5.92 Å². The molecule has 1 aliphatic rings. The van der Waals surface area contributed by atoms with E-state index < -0.39 is 23.8 Å². The Hall–Kier alpha value is -3.13. The van der Waals surface area contributed by atoms with Gasteiger partial charge in [0.1, 0.15) is 6.04 Å². The minimum absolute atomic E-state index is 0.0770. The minimum Gasteiger partial charge on any atom is -0.480 e. The monoisotopic (exact) mass is 334 g/mol. The van der Waals surface area contributed by atoms with Gasteiger partial charge in [0.25, 0.3) is 0 Å². The van der Waals surface area contributed by atoms with E-state index in [1.54, 1.807) is 6.92 Å². The van der Waals surface area contributed by atoms with Gasteiger partial charge in [0.15, 0.2) is 0 Å². The molecule has 2 aromatic rings. The number of rotatable bonds is 5. The Morgan fingerprint density at radius 1 is 1.12 bits per heavy atom. The highest BCUT2D eigenvalue weighted by Crippen LogP contribution is 2.44. The third-order valence-corrected chi connectivity index (χ3v) is 4.52. The van der Waals surface area contributed by atoms with E-state index in [0.717, 1.165) is 22.3 Å². The van der Waals surface area contributed by atoms with Crippen LogP contribution in [0.1, 0.15) is 30.4 Å². The lowest BCUT2D eigenvalue weighted by Crippen LogP contribution is -2.43. The zero-order valence-electron chi connectivity index (χ0n) is 13.8. The molecular formula is C20H18N2O3. The van der Waals surface area contributed by atoms with Gasteiger partial charge in [-0.3, -0.25) is 4.79 Å². The number of benzene rings is 2. The quantitative estimate of drug-likeness (QED) is 0.879. The number of carboxylic acid groups (broad SMARTS) is 1. The first kappa shape index (κ1) is 16.7. The molecule has 5 heteroatoms. The van der Waals surface area contributed by atoms with Crippen molar-refractivity contribution >= 4 is 11.9 Å². The van der Waals surface area contributed by atoms with Crippen LogP contribution in [-0.2, 0) is 9.59 Å². The standard InChI is InChI=1S/C20H18N2O3/c1-12(11-21)10-17(20(24)25)22-19(23)18-15-8-4-2-6-13(15)14-7-3-5-9-16(14)18/h2-9,12,17-18H,10H2,1H3,(H,22,23)(H,24,25)/t12-,17+/m1/s1. The summed E-state index contributed by atoms with van der Waals surface area (Å²) in [4.78, 5) is 24.4. The van der Waals surface area contributed by atoms with E-state index in [-0.39, 0.29) is 12.3 Å². The summed E-state index contributed by atoms with van der Waals surface area (Å²) >= 11 is 0. The average Bonchev–Trinajstić information content (AvgIpc) is 2.95. The molecule has 0 saturated heterocycles. The smallest absolute Gasteiger partial charge is 0.326 e. The minimum atomic E-state index is -1.13. The van der Waals surface area contributed by atoms with E-state index in [1.807, 2.05) is 54.6 Å². The van der Waals surface area contributed by atoms with Gasteiger partial charge in [-0.2, -0.15) is 5.26 Å². The zero-order chi connectivity index (χ0) is 18.0. The van der Waals surface area contributed by atoms with Gasteiger partial charge in [-0.1, -0.05) is 48.5 Å². The maximum Gasteiger partial charge on any atom is 0.326 e. The first-order valence-electron chi connectivity index (χ1n) is 8.14. The second-order valence-corrected chi connectivity index (χ2v) is 6.27. The lowest BCUT2D eigenvalue weighted by Gasteiger charge is -2.19. The van der Waals surface area contributed by atoms with Crippen molar-refractivity contribution in [3.8, 4) is 17.2 Å². The van der Waals surface area contributed by atoms with Crippen molar-refractivity contribution in [1.82, 2.24) is 5.32 Å². The molecule has 0 fully saturated rings. The molecule has 2 aromatic carbocycles. The highest BCUT2D eigenvalue weighted by molar-refractivity contribution is 5.97. The molecule has 0 radical (unpaired) electrons. The number of nitrogens with one attached hydrogen (secondary N) is 1. The van der Waals surface area contributed by atoms with E-state index in [1.165, 1.54) is 0 Å². The number of carboxylic acids is 1. The third-order valence-electron chi connectivity index (χ3n) is 4.52. The summed E-state index contributed by atoms with van der Waals surface area (Å²) < 4.78 is 0. The topological polar surface area (TPSA) is 90.2 Å². The summed E-state index contributed by atoms with van der Waals surface area (Å²) in [6.07, 6.45) is 0.0770. The summed E-state index contributed by atoms with van der Waals surface area (Å²) in [7, 11) is 0. The van der Waals surface area contributed by atoms with Crippen molar-refractivity contribution in [3.05, 3.63) is 59.7 Å². The number of aliphatic carboxylic acids is 1. The van der Waals surface area contributed by atoms with E-state index in [4.69, 9.17) is 5.26 Å². The number of carbonyl (C=O) groups is 2. The molecule has 2 N–H and O–H groups in total. The second kappa shape index (κ2) is 6.78. The van der Waals surface area contributed by atoms with E-state index in [2.05, 4.69) is 5.32 Å². The van der Waals surface area contributed by atoms with Crippen molar-refractivity contribution in [1.29, 1.82) is 5.26 Å². The molecule has 0 heterocycles. The molecule has 0 unspecified atom stereocenters. The third kappa shape index (κ3) is 3.11. The van der Waals surface area contributed by atoms with Gasteiger partial charge >= 0.3 is 5.97 Å². The Bertz CT molecular complexity index is 824. The molecule has 0 aromatic heterocycles. The summed E-state index contributed by atoms with van der Waals surface area (Å²) in [5.41, 5.74) is 3.74. The van der Waals surface area contributed by atoms with Crippen molar-refractivity contribution in [2.75, 3.05) is 0 Å². The molecule has 0 spiro atoms. The van der Waals surface area contributed by atoms with E-state index in [9.17, 15) is 14.7 Å². The fourth-order valence-corrected chi connectivity index (χ4v) is 3.32. The molecule has 3 rings (SSSR count). The number of hydrogen-bond acceptors (Lipinski definition) is 3. The molecule has 1 amide bonds. The summed E-state index contributed by atoms with van der Waals surface area (Å²) in [6, 6.07) is 16.2. The van der Waals surface area contributed by atoms with Crippen LogP contribution in [0.5, 0.6) is 0 Å². The van der Waals surface area contributed by atoms with Crippen molar-refractivity contribution in [2.24, 2.45) is 5.92 Å². The maximum absolute atomic E-state index is 12.9. The van der Waals surface area contributed by atoms with Crippen LogP contribution >= 0.6 is 0 Å². The number of carbonyl (C=O) groups excluding carboxylic acids is 1. The number of fused-ring (bicyclic) bond motifs is 3. The van der Waals surface area contributed by atoms with E-state index >= 15 is 0 Å². The van der Waals surface area contributed by atoms with Crippen LogP contribution in [0.2, 0.25) is 0 Å².